The second-order valence-corrected chi connectivity index (χ2v) is 12.0. The molecule has 3 saturated heterocycles. The van der Waals surface area contributed by atoms with E-state index in [0.717, 1.165) is 0 Å². The van der Waals surface area contributed by atoms with E-state index in [4.69, 9.17) is 14.0 Å². The van der Waals surface area contributed by atoms with Crippen LogP contribution in [-0.2, 0) is 24.3 Å². The maximum absolute atomic E-state index is 13.5. The summed E-state index contributed by atoms with van der Waals surface area (Å²) in [5.74, 6) is -0.0529. The van der Waals surface area contributed by atoms with Crippen molar-refractivity contribution in [1.82, 2.24) is 19.3 Å². The van der Waals surface area contributed by atoms with E-state index >= 15 is 0 Å². The molecule has 1 amide bonds. The van der Waals surface area contributed by atoms with Crippen molar-refractivity contribution in [2.24, 2.45) is 5.92 Å². The minimum Gasteiger partial charge on any atom is -0.347 e. The number of amides is 1. The van der Waals surface area contributed by atoms with Crippen molar-refractivity contribution in [3.63, 3.8) is 0 Å². The maximum atomic E-state index is 13.5. The van der Waals surface area contributed by atoms with Crippen LogP contribution in [-0.4, -0.2) is 78.9 Å². The van der Waals surface area contributed by atoms with Gasteiger partial charge in [0, 0.05) is 50.8 Å². The highest BCUT2D eigenvalue weighted by Crippen LogP contribution is 2.36. The molecule has 3 aliphatic heterocycles. The summed E-state index contributed by atoms with van der Waals surface area (Å²) in [5.41, 5.74) is 0. The minimum absolute atomic E-state index is 0.0211. The van der Waals surface area contributed by atoms with E-state index < -0.39 is 15.8 Å². The number of piperidine rings is 2. The molecule has 0 aromatic carbocycles. The van der Waals surface area contributed by atoms with Crippen molar-refractivity contribution in [1.29, 1.82) is 0 Å². The van der Waals surface area contributed by atoms with E-state index in [0.29, 0.717) is 80.0 Å². The first-order valence-electron chi connectivity index (χ1n) is 11.3. The molecule has 2 aromatic rings. The Balaban J connectivity index is 1.28. The van der Waals surface area contributed by atoms with E-state index in [1.54, 1.807) is 19.9 Å². The maximum Gasteiger partial charge on any atom is 0.244 e. The zero-order chi connectivity index (χ0) is 23.2. The molecule has 0 N–H and O–H groups in total. The number of sulfonamides is 1. The molecule has 1 atom stereocenters. The van der Waals surface area contributed by atoms with Gasteiger partial charge in [-0.15, -0.1) is 11.3 Å². The second-order valence-electron chi connectivity index (χ2n) is 8.80. The van der Waals surface area contributed by atoms with Crippen LogP contribution in [0.25, 0.3) is 10.7 Å². The summed E-state index contributed by atoms with van der Waals surface area (Å²) in [6, 6.07) is 1.61. The third-order valence-corrected chi connectivity index (χ3v) is 9.79. The fourth-order valence-corrected chi connectivity index (χ4v) is 7.85. The Morgan fingerprint density at radius 2 is 1.91 bits per heavy atom. The Kier molecular flexibility index (Phi) is 6.06. The third kappa shape index (κ3) is 4.34. The first kappa shape index (κ1) is 22.9. The highest BCUT2D eigenvalue weighted by Gasteiger charge is 2.43. The van der Waals surface area contributed by atoms with E-state index in [1.165, 1.54) is 15.6 Å². The Morgan fingerprint density at radius 1 is 1.18 bits per heavy atom. The molecule has 0 aliphatic carbocycles. The topological polar surface area (TPSA) is 115 Å². The molecule has 5 heterocycles. The molecule has 33 heavy (non-hydrogen) atoms. The number of thiophene rings is 1. The summed E-state index contributed by atoms with van der Waals surface area (Å²) >= 11 is 1.32. The highest BCUT2D eigenvalue weighted by atomic mass is 32.2. The molecule has 180 valence electrons. The summed E-state index contributed by atoms with van der Waals surface area (Å²) in [6.45, 7) is 6.40. The van der Waals surface area contributed by atoms with Gasteiger partial charge >= 0.3 is 0 Å². The average molecular weight is 497 g/mol. The summed E-state index contributed by atoms with van der Waals surface area (Å²) in [7, 11) is -3.74. The normalized spacial score (nSPS) is 23.9. The minimum atomic E-state index is -3.74. The Hall–Kier alpha value is -1.86. The Labute approximate surface area is 196 Å². The van der Waals surface area contributed by atoms with Crippen LogP contribution in [0.4, 0.5) is 0 Å². The van der Waals surface area contributed by atoms with Crippen LogP contribution >= 0.6 is 11.3 Å². The van der Waals surface area contributed by atoms with Crippen LogP contribution in [0.1, 0.15) is 36.5 Å². The van der Waals surface area contributed by atoms with Crippen LogP contribution in [0.15, 0.2) is 15.5 Å². The Bertz CT molecular complexity index is 1130. The van der Waals surface area contributed by atoms with Gasteiger partial charge in [-0.3, -0.25) is 4.79 Å². The van der Waals surface area contributed by atoms with Crippen LogP contribution in [0.2, 0.25) is 0 Å². The zero-order valence-electron chi connectivity index (χ0n) is 18.8. The molecule has 0 saturated carbocycles. The lowest BCUT2D eigenvalue weighted by molar-refractivity contribution is -0.188. The summed E-state index contributed by atoms with van der Waals surface area (Å²) in [5, 5.41) is 3.90. The number of aryl methyl sites for hydroxylation is 2. The molecule has 0 bridgehead atoms. The quantitative estimate of drug-likeness (QED) is 0.633. The first-order chi connectivity index (χ1) is 15.8. The van der Waals surface area contributed by atoms with E-state index in [9.17, 15) is 13.2 Å². The third-order valence-electron chi connectivity index (χ3n) is 6.62. The van der Waals surface area contributed by atoms with Crippen molar-refractivity contribution in [3.05, 3.63) is 16.8 Å². The fourth-order valence-electron chi connectivity index (χ4n) is 4.84. The monoisotopic (exact) mass is 496 g/mol. The van der Waals surface area contributed by atoms with E-state index in [1.807, 2.05) is 4.90 Å². The van der Waals surface area contributed by atoms with Gasteiger partial charge in [0.2, 0.25) is 27.6 Å². The Morgan fingerprint density at radius 3 is 2.58 bits per heavy atom. The predicted octanol–water partition coefficient (Wildman–Crippen LogP) is 2.18. The van der Waals surface area contributed by atoms with Crippen molar-refractivity contribution in [2.45, 2.75) is 50.2 Å². The van der Waals surface area contributed by atoms with Crippen molar-refractivity contribution < 1.29 is 27.2 Å². The van der Waals surface area contributed by atoms with Gasteiger partial charge in [0.1, 0.15) is 0 Å². The van der Waals surface area contributed by atoms with Crippen molar-refractivity contribution in [3.8, 4) is 10.7 Å². The number of nitrogens with zero attached hydrogens (tertiary/aromatic N) is 4. The van der Waals surface area contributed by atoms with Gasteiger partial charge in [-0.1, -0.05) is 5.16 Å². The van der Waals surface area contributed by atoms with E-state index in [2.05, 4.69) is 10.1 Å². The van der Waals surface area contributed by atoms with Gasteiger partial charge < -0.3 is 18.9 Å². The summed E-state index contributed by atoms with van der Waals surface area (Å²) in [4.78, 5) is 20.8. The van der Waals surface area contributed by atoms with Crippen LogP contribution in [0.5, 0.6) is 0 Å². The van der Waals surface area contributed by atoms with Gasteiger partial charge in [0.05, 0.1) is 28.9 Å². The molecule has 5 rings (SSSR count). The molecular weight excluding hydrogens is 468 g/mol. The predicted molar refractivity (Wildman–Crippen MR) is 119 cm³/mol. The number of ether oxygens (including phenoxy) is 2. The summed E-state index contributed by atoms with van der Waals surface area (Å²) in [6.07, 6.45) is 2.65. The second kappa shape index (κ2) is 8.73. The molecule has 0 radical (unpaired) electrons. The highest BCUT2D eigenvalue weighted by molar-refractivity contribution is 7.89. The molecule has 0 unspecified atom stereocenters. The van der Waals surface area contributed by atoms with E-state index in [-0.39, 0.29) is 23.3 Å². The largest absolute Gasteiger partial charge is 0.347 e. The van der Waals surface area contributed by atoms with Gasteiger partial charge in [0.15, 0.2) is 5.79 Å². The number of aromatic nitrogens is 2. The van der Waals surface area contributed by atoms with Crippen molar-refractivity contribution in [2.75, 3.05) is 39.4 Å². The smallest absolute Gasteiger partial charge is 0.244 e. The number of rotatable bonds is 4. The van der Waals surface area contributed by atoms with Gasteiger partial charge in [-0.05, 0) is 25.8 Å². The molecular formula is C21H28N4O6S2. The van der Waals surface area contributed by atoms with Gasteiger partial charge in [0.25, 0.3) is 0 Å². The van der Waals surface area contributed by atoms with Crippen LogP contribution in [0, 0.1) is 19.8 Å². The number of hydrogen-bond donors (Lipinski definition) is 0. The molecule has 12 heteroatoms. The average Bonchev–Trinajstić information content (AvgIpc) is 3.54. The SMILES string of the molecule is Cc1nc(-c2cc(S(=O)(=O)N3CCC[C@H](C(=O)N4CCC5(CC4)OCCO5)C3)c(C)s2)no1. The zero-order valence-corrected chi connectivity index (χ0v) is 20.4. The number of hydrogen-bond acceptors (Lipinski definition) is 9. The van der Waals surface area contributed by atoms with Gasteiger partial charge in [-0.25, -0.2) is 8.42 Å². The number of carbonyl (C=O) groups excluding carboxylic acids is 1. The van der Waals surface area contributed by atoms with Crippen molar-refractivity contribution >= 4 is 27.3 Å². The molecule has 2 aromatic heterocycles. The lowest BCUT2D eigenvalue weighted by Crippen LogP contribution is -2.51. The molecule has 3 fully saturated rings. The standard InChI is InChI=1S/C21H28N4O6S2/c1-14-18(12-17(32-14)19-22-15(2)31-23-19)33(27,28)25-7-3-4-16(13-25)20(26)24-8-5-21(6-9-24)29-10-11-30-21/h12,16H,3-11,13H2,1-2H3/t16-/m0/s1. The lowest BCUT2D eigenvalue weighted by Gasteiger charge is -2.40. The first-order valence-corrected chi connectivity index (χ1v) is 13.5. The fraction of sp³-hybridized carbons (Fsp3) is 0.667. The lowest BCUT2D eigenvalue weighted by atomic mass is 9.96. The molecule has 10 nitrogen and oxygen atoms in total. The van der Waals surface area contributed by atoms with Crippen LogP contribution < -0.4 is 0 Å². The summed E-state index contributed by atoms with van der Waals surface area (Å²) < 4.78 is 44.9. The molecule has 3 aliphatic rings. The van der Waals surface area contributed by atoms with Gasteiger partial charge in [-0.2, -0.15) is 9.29 Å². The van der Waals surface area contributed by atoms with Crippen LogP contribution in [0.3, 0.4) is 0 Å². The molecule has 1 spiro atoms. The number of likely N-dealkylation sites (tertiary alicyclic amines) is 1. The number of carbonyl (C=O) groups is 1.